The molecule has 0 spiro atoms. The SMILES string of the molecule is C=NC=C(C)C(=C=C(C)C(=C)C)C(=C=CCC=C(C)c1cccs1)N1CCC(CCC(=C)C)C1. The molecule has 1 aliphatic heterocycles. The van der Waals surface area contributed by atoms with Crippen molar-refractivity contribution in [3.8, 4) is 0 Å². The molecule has 180 valence electrons. The van der Waals surface area contributed by atoms with Gasteiger partial charge in [-0.3, -0.25) is 4.99 Å². The fourth-order valence-corrected chi connectivity index (χ4v) is 4.61. The molecule has 0 saturated carbocycles. The molecule has 2 heterocycles. The maximum atomic E-state index is 4.11. The number of allylic oxidation sites excluding steroid dienone is 5. The molecule has 0 N–H and O–H groups in total. The number of nitrogens with zero attached hydrogens (tertiary/aromatic N) is 2. The summed E-state index contributed by atoms with van der Waals surface area (Å²) in [5, 5.41) is 2.12. The van der Waals surface area contributed by atoms with Gasteiger partial charge in [0.25, 0.3) is 0 Å². The van der Waals surface area contributed by atoms with E-state index in [2.05, 4.69) is 98.6 Å². The van der Waals surface area contributed by atoms with Crippen LogP contribution in [0.5, 0.6) is 0 Å². The second-order valence-corrected chi connectivity index (χ2v) is 10.2. The molecule has 1 aliphatic rings. The summed E-state index contributed by atoms with van der Waals surface area (Å²) in [6.07, 6.45) is 10.5. The average Bonchev–Trinajstić information content (AvgIpc) is 3.48. The van der Waals surface area contributed by atoms with E-state index < -0.39 is 0 Å². The zero-order valence-electron chi connectivity index (χ0n) is 21.7. The zero-order chi connectivity index (χ0) is 25.1. The van der Waals surface area contributed by atoms with Gasteiger partial charge in [-0.1, -0.05) is 30.0 Å². The highest BCUT2D eigenvalue weighted by Gasteiger charge is 2.26. The van der Waals surface area contributed by atoms with Gasteiger partial charge in [-0.25, -0.2) is 0 Å². The molecule has 0 amide bonds. The van der Waals surface area contributed by atoms with E-state index >= 15 is 0 Å². The van der Waals surface area contributed by atoms with Crippen LogP contribution in [0.25, 0.3) is 5.57 Å². The predicted octanol–water partition coefficient (Wildman–Crippen LogP) is 8.91. The van der Waals surface area contributed by atoms with E-state index in [0.29, 0.717) is 5.92 Å². The van der Waals surface area contributed by atoms with Crippen LogP contribution in [-0.2, 0) is 0 Å². The van der Waals surface area contributed by atoms with E-state index in [0.717, 1.165) is 53.9 Å². The topological polar surface area (TPSA) is 15.6 Å². The average molecular weight is 473 g/mol. The third kappa shape index (κ3) is 8.50. The highest BCUT2D eigenvalue weighted by atomic mass is 32.1. The summed E-state index contributed by atoms with van der Waals surface area (Å²) in [7, 11) is 0. The van der Waals surface area contributed by atoms with Gasteiger partial charge in [0.2, 0.25) is 0 Å². The van der Waals surface area contributed by atoms with Crippen LogP contribution >= 0.6 is 11.3 Å². The molecule has 0 aromatic carbocycles. The molecular weight excluding hydrogens is 432 g/mol. The van der Waals surface area contributed by atoms with Crippen molar-refractivity contribution in [3.63, 3.8) is 0 Å². The Hall–Kier alpha value is -2.83. The Labute approximate surface area is 211 Å². The lowest BCUT2D eigenvalue weighted by Gasteiger charge is -2.22. The second kappa shape index (κ2) is 13.8. The fourth-order valence-electron chi connectivity index (χ4n) is 3.88. The first-order valence-corrected chi connectivity index (χ1v) is 12.9. The number of likely N-dealkylation sites (tertiary alicyclic amines) is 1. The molecule has 3 heteroatoms. The lowest BCUT2D eigenvalue weighted by atomic mass is 10.00. The van der Waals surface area contributed by atoms with Gasteiger partial charge in [-0.15, -0.1) is 23.6 Å². The summed E-state index contributed by atoms with van der Waals surface area (Å²) >= 11 is 1.78. The van der Waals surface area contributed by atoms with Gasteiger partial charge in [0.15, 0.2) is 0 Å². The van der Waals surface area contributed by atoms with Crippen molar-refractivity contribution in [3.05, 3.63) is 98.9 Å². The fraction of sp³-hybridized carbons (Fsp3) is 0.387. The van der Waals surface area contributed by atoms with Crippen LogP contribution in [0.2, 0.25) is 0 Å². The van der Waals surface area contributed by atoms with Crippen LogP contribution in [0.1, 0.15) is 65.2 Å². The molecule has 0 bridgehead atoms. The third-order valence-electron chi connectivity index (χ3n) is 6.14. The number of hydrogen-bond acceptors (Lipinski definition) is 3. The molecular formula is C31H40N2S. The van der Waals surface area contributed by atoms with Gasteiger partial charge >= 0.3 is 0 Å². The largest absolute Gasteiger partial charge is 0.364 e. The molecule has 1 saturated heterocycles. The van der Waals surface area contributed by atoms with E-state index in [-0.39, 0.29) is 0 Å². The first-order valence-electron chi connectivity index (χ1n) is 12.0. The normalized spacial score (nSPS) is 15.9. The molecule has 1 fully saturated rings. The number of hydrogen-bond donors (Lipinski definition) is 0. The molecule has 1 atom stereocenters. The Morgan fingerprint density at radius 2 is 2.00 bits per heavy atom. The Balaban J connectivity index is 2.48. The quantitative estimate of drug-likeness (QED) is 0.136. The molecule has 2 rings (SSSR count). The van der Waals surface area contributed by atoms with Gasteiger partial charge in [-0.05, 0) is 113 Å². The summed E-state index contributed by atoms with van der Waals surface area (Å²) in [6.45, 7) is 24.3. The monoisotopic (exact) mass is 472 g/mol. The molecule has 1 unspecified atom stereocenters. The van der Waals surface area contributed by atoms with E-state index in [4.69, 9.17) is 0 Å². The Morgan fingerprint density at radius 3 is 2.62 bits per heavy atom. The van der Waals surface area contributed by atoms with Gasteiger partial charge in [-0.2, -0.15) is 0 Å². The van der Waals surface area contributed by atoms with Crippen molar-refractivity contribution in [2.75, 3.05) is 13.1 Å². The maximum Gasteiger partial charge on any atom is 0.0952 e. The minimum atomic E-state index is 0.670. The van der Waals surface area contributed by atoms with Crippen molar-refractivity contribution in [1.82, 2.24) is 4.90 Å². The van der Waals surface area contributed by atoms with Crippen molar-refractivity contribution in [2.24, 2.45) is 10.9 Å². The van der Waals surface area contributed by atoms with E-state index in [1.54, 1.807) is 11.3 Å². The van der Waals surface area contributed by atoms with Crippen LogP contribution < -0.4 is 0 Å². The van der Waals surface area contributed by atoms with Gasteiger partial charge in [0.05, 0.1) is 11.3 Å². The second-order valence-electron chi connectivity index (χ2n) is 9.29. The third-order valence-corrected chi connectivity index (χ3v) is 7.15. The Bertz CT molecular complexity index is 1080. The van der Waals surface area contributed by atoms with Crippen LogP contribution in [0.3, 0.4) is 0 Å². The number of rotatable bonds is 11. The molecule has 2 nitrogen and oxygen atoms in total. The lowest BCUT2D eigenvalue weighted by molar-refractivity contribution is 0.403. The van der Waals surface area contributed by atoms with Crippen molar-refractivity contribution >= 4 is 23.6 Å². The molecule has 0 radical (unpaired) electrons. The van der Waals surface area contributed by atoms with Crippen molar-refractivity contribution < 1.29 is 0 Å². The minimum Gasteiger partial charge on any atom is -0.364 e. The van der Waals surface area contributed by atoms with Gasteiger partial charge in [0.1, 0.15) is 0 Å². The summed E-state index contributed by atoms with van der Waals surface area (Å²) in [4.78, 5) is 7.81. The smallest absolute Gasteiger partial charge is 0.0952 e. The van der Waals surface area contributed by atoms with E-state index in [9.17, 15) is 0 Å². The molecule has 0 aliphatic carbocycles. The minimum absolute atomic E-state index is 0.670. The summed E-state index contributed by atoms with van der Waals surface area (Å²) in [5.41, 5.74) is 15.0. The Kier molecular flexibility index (Phi) is 11.1. The first kappa shape index (κ1) is 27.4. The van der Waals surface area contributed by atoms with Gasteiger partial charge in [0, 0.05) is 24.2 Å². The highest BCUT2D eigenvalue weighted by Crippen LogP contribution is 2.30. The van der Waals surface area contributed by atoms with Crippen LogP contribution in [0.15, 0.2) is 99.0 Å². The lowest BCUT2D eigenvalue weighted by Crippen LogP contribution is -2.21. The summed E-state index contributed by atoms with van der Waals surface area (Å²) < 4.78 is 0. The van der Waals surface area contributed by atoms with E-state index in [1.165, 1.54) is 28.9 Å². The standard InChI is InChI=1S/C31H40N2S/c1-23(2)15-16-28-17-18-33(22-28)30(13-10-9-12-25(5)31-14-11-19-34-31)29(27(7)21-32-8)20-26(6)24(3)4/h10-12,14,19,21,28H,1,3,8-9,15-18,22H2,2,4-7H3. The molecule has 34 heavy (non-hydrogen) atoms. The number of aliphatic imine (C=N–C) groups is 1. The molecule has 1 aromatic heterocycles. The maximum absolute atomic E-state index is 4.11. The summed E-state index contributed by atoms with van der Waals surface area (Å²) in [5.74, 6) is 0.670. The van der Waals surface area contributed by atoms with E-state index in [1.807, 2.05) is 13.1 Å². The van der Waals surface area contributed by atoms with Crippen LogP contribution in [0, 0.1) is 5.92 Å². The number of thiophene rings is 1. The Morgan fingerprint density at radius 1 is 1.24 bits per heavy atom. The van der Waals surface area contributed by atoms with Crippen LogP contribution in [0.4, 0.5) is 0 Å². The van der Waals surface area contributed by atoms with Crippen molar-refractivity contribution in [2.45, 2.75) is 60.3 Å². The predicted molar refractivity (Wildman–Crippen MR) is 152 cm³/mol. The van der Waals surface area contributed by atoms with Crippen molar-refractivity contribution in [1.29, 1.82) is 0 Å². The van der Waals surface area contributed by atoms with Crippen LogP contribution in [-0.4, -0.2) is 24.7 Å². The highest BCUT2D eigenvalue weighted by molar-refractivity contribution is 7.11. The summed E-state index contributed by atoms with van der Waals surface area (Å²) in [6, 6.07) is 4.26. The zero-order valence-corrected chi connectivity index (χ0v) is 22.5. The first-order chi connectivity index (χ1) is 16.2. The van der Waals surface area contributed by atoms with Gasteiger partial charge < -0.3 is 4.90 Å². The molecule has 1 aromatic rings.